The van der Waals surface area contributed by atoms with Crippen LogP contribution in [-0.2, 0) is 4.79 Å². The number of rotatable bonds is 3. The molecule has 0 saturated carbocycles. The highest BCUT2D eigenvalue weighted by molar-refractivity contribution is 6.40. The van der Waals surface area contributed by atoms with Crippen LogP contribution in [0.3, 0.4) is 0 Å². The SMILES string of the molecule is Cc1ccc(Cl)c(NC(=O)C[NH+]2C[C@@H](C)C[C@H](C)C2)c1Cl. The van der Waals surface area contributed by atoms with Crippen molar-refractivity contribution in [3.05, 3.63) is 27.7 Å². The summed E-state index contributed by atoms with van der Waals surface area (Å²) < 4.78 is 0. The van der Waals surface area contributed by atoms with E-state index in [0.29, 0.717) is 34.1 Å². The van der Waals surface area contributed by atoms with E-state index >= 15 is 0 Å². The first-order valence-corrected chi connectivity index (χ1v) is 8.20. The van der Waals surface area contributed by atoms with E-state index in [1.165, 1.54) is 11.3 Å². The van der Waals surface area contributed by atoms with Crippen molar-refractivity contribution in [1.29, 1.82) is 0 Å². The molecule has 0 aromatic heterocycles. The lowest BCUT2D eigenvalue weighted by molar-refractivity contribution is -0.904. The normalized spacial score (nSPS) is 25.7. The summed E-state index contributed by atoms with van der Waals surface area (Å²) in [6, 6.07) is 3.61. The predicted molar refractivity (Wildman–Crippen MR) is 88.3 cm³/mol. The number of hydrogen-bond donors (Lipinski definition) is 2. The maximum absolute atomic E-state index is 12.3. The first-order chi connectivity index (χ1) is 9.86. The molecule has 1 amide bonds. The van der Waals surface area contributed by atoms with Gasteiger partial charge in [-0.3, -0.25) is 4.79 Å². The molecule has 3 nitrogen and oxygen atoms in total. The van der Waals surface area contributed by atoms with Gasteiger partial charge >= 0.3 is 0 Å². The van der Waals surface area contributed by atoms with Crippen LogP contribution in [0.1, 0.15) is 25.8 Å². The molecule has 5 heteroatoms. The lowest BCUT2D eigenvalue weighted by atomic mass is 9.92. The lowest BCUT2D eigenvalue weighted by Crippen LogP contribution is -3.15. The molecule has 1 aliphatic rings. The topological polar surface area (TPSA) is 33.5 Å². The van der Waals surface area contributed by atoms with Gasteiger partial charge < -0.3 is 10.2 Å². The van der Waals surface area contributed by atoms with Crippen LogP contribution in [0.2, 0.25) is 10.0 Å². The van der Waals surface area contributed by atoms with Crippen molar-refractivity contribution in [3.63, 3.8) is 0 Å². The van der Waals surface area contributed by atoms with E-state index < -0.39 is 0 Å². The van der Waals surface area contributed by atoms with Gasteiger partial charge in [0, 0.05) is 11.8 Å². The third kappa shape index (κ3) is 4.35. The third-order valence-electron chi connectivity index (χ3n) is 4.04. The molecule has 2 atom stereocenters. The average molecular weight is 330 g/mol. The highest BCUT2D eigenvalue weighted by Crippen LogP contribution is 2.32. The molecule has 1 aromatic rings. The molecular weight excluding hydrogens is 307 g/mol. The largest absolute Gasteiger partial charge is 0.327 e. The Kier molecular flexibility index (Phi) is 5.53. The zero-order chi connectivity index (χ0) is 15.6. The van der Waals surface area contributed by atoms with Crippen LogP contribution in [0.5, 0.6) is 0 Å². The Labute approximate surface area is 136 Å². The van der Waals surface area contributed by atoms with Gasteiger partial charge in [0.25, 0.3) is 5.91 Å². The monoisotopic (exact) mass is 329 g/mol. The van der Waals surface area contributed by atoms with Crippen LogP contribution in [0, 0.1) is 18.8 Å². The highest BCUT2D eigenvalue weighted by Gasteiger charge is 2.27. The first kappa shape index (κ1) is 16.6. The molecule has 0 aliphatic carbocycles. The van der Waals surface area contributed by atoms with E-state index in [0.717, 1.165) is 18.7 Å². The molecule has 1 heterocycles. The molecule has 0 unspecified atom stereocenters. The second-order valence-corrected chi connectivity index (χ2v) is 7.17. The number of nitrogens with one attached hydrogen (secondary N) is 2. The number of hydrogen-bond acceptors (Lipinski definition) is 1. The average Bonchev–Trinajstić information content (AvgIpc) is 2.38. The van der Waals surface area contributed by atoms with E-state index in [1.807, 2.05) is 13.0 Å². The van der Waals surface area contributed by atoms with Crippen molar-refractivity contribution in [2.45, 2.75) is 27.2 Å². The Morgan fingerprint density at radius 3 is 2.52 bits per heavy atom. The van der Waals surface area contributed by atoms with Crippen LogP contribution in [0.25, 0.3) is 0 Å². The summed E-state index contributed by atoms with van der Waals surface area (Å²) in [5.41, 5.74) is 1.43. The molecule has 0 bridgehead atoms. The molecule has 1 saturated heterocycles. The summed E-state index contributed by atoms with van der Waals surface area (Å²) in [6.45, 7) is 8.96. The van der Waals surface area contributed by atoms with Crippen LogP contribution < -0.4 is 10.2 Å². The van der Waals surface area contributed by atoms with Gasteiger partial charge in [-0.2, -0.15) is 0 Å². The lowest BCUT2D eigenvalue weighted by Gasteiger charge is -2.31. The number of benzene rings is 1. The van der Waals surface area contributed by atoms with E-state index in [9.17, 15) is 4.79 Å². The molecule has 1 aromatic carbocycles. The molecule has 0 spiro atoms. The molecule has 21 heavy (non-hydrogen) atoms. The van der Waals surface area contributed by atoms with Crippen LogP contribution in [0.15, 0.2) is 12.1 Å². The fourth-order valence-electron chi connectivity index (χ4n) is 3.25. The summed E-state index contributed by atoms with van der Waals surface area (Å²) in [4.78, 5) is 13.6. The van der Waals surface area contributed by atoms with Gasteiger partial charge in [-0.25, -0.2) is 0 Å². The van der Waals surface area contributed by atoms with Crippen molar-refractivity contribution in [2.24, 2.45) is 11.8 Å². The van der Waals surface area contributed by atoms with Crippen molar-refractivity contribution in [3.8, 4) is 0 Å². The van der Waals surface area contributed by atoms with Crippen molar-refractivity contribution in [2.75, 3.05) is 25.0 Å². The zero-order valence-corrected chi connectivity index (χ0v) is 14.3. The Balaban J connectivity index is 2.01. The fraction of sp³-hybridized carbons (Fsp3) is 0.562. The summed E-state index contributed by atoms with van der Waals surface area (Å²) in [5.74, 6) is 1.31. The highest BCUT2D eigenvalue weighted by atomic mass is 35.5. The minimum atomic E-state index is -0.0271. The number of piperidine rings is 1. The van der Waals surface area contributed by atoms with Gasteiger partial charge in [-0.05, 0) is 25.0 Å². The number of halogens is 2. The van der Waals surface area contributed by atoms with Crippen LogP contribution >= 0.6 is 23.2 Å². The standard InChI is InChI=1S/C16H22Cl2N2O/c1-10-6-11(2)8-20(7-10)9-14(21)19-16-13(17)5-4-12(3)15(16)18/h4-5,10-11H,6-9H2,1-3H3,(H,19,21)/p+1/t10-,11-/m0/s1. The molecular formula is C16H23Cl2N2O+. The Hall–Kier alpha value is -0.770. The van der Waals surface area contributed by atoms with E-state index in [2.05, 4.69) is 19.2 Å². The number of quaternary nitrogens is 1. The Morgan fingerprint density at radius 2 is 1.90 bits per heavy atom. The number of carbonyl (C=O) groups is 1. The summed E-state index contributed by atoms with van der Waals surface area (Å²) in [6.07, 6.45) is 1.25. The number of anilines is 1. The molecule has 2 rings (SSSR count). The van der Waals surface area contributed by atoms with Gasteiger partial charge in [0.1, 0.15) is 0 Å². The predicted octanol–water partition coefficient (Wildman–Crippen LogP) is 2.80. The van der Waals surface area contributed by atoms with Crippen molar-refractivity contribution < 1.29 is 9.69 Å². The molecule has 1 fully saturated rings. The van der Waals surface area contributed by atoms with Gasteiger partial charge in [-0.1, -0.05) is 43.1 Å². The second kappa shape index (κ2) is 6.99. The summed E-state index contributed by atoms with van der Waals surface area (Å²) in [7, 11) is 0. The molecule has 2 N–H and O–H groups in total. The Morgan fingerprint density at radius 1 is 1.29 bits per heavy atom. The zero-order valence-electron chi connectivity index (χ0n) is 12.8. The molecule has 1 aliphatic heterocycles. The van der Waals surface area contributed by atoms with Crippen molar-refractivity contribution >= 4 is 34.8 Å². The van der Waals surface area contributed by atoms with Gasteiger partial charge in [0.2, 0.25) is 0 Å². The quantitative estimate of drug-likeness (QED) is 0.878. The van der Waals surface area contributed by atoms with Crippen LogP contribution in [0.4, 0.5) is 5.69 Å². The number of aryl methyl sites for hydroxylation is 1. The maximum atomic E-state index is 12.3. The smallest absolute Gasteiger partial charge is 0.279 e. The Bertz CT molecular complexity index is 523. The van der Waals surface area contributed by atoms with E-state index in [1.54, 1.807) is 6.07 Å². The number of amides is 1. The molecule has 116 valence electrons. The second-order valence-electron chi connectivity index (χ2n) is 6.38. The summed E-state index contributed by atoms with van der Waals surface area (Å²) in [5, 5.41) is 3.87. The number of likely N-dealkylation sites (tertiary alicyclic amines) is 1. The number of carbonyl (C=O) groups excluding carboxylic acids is 1. The summed E-state index contributed by atoms with van der Waals surface area (Å²) >= 11 is 12.4. The van der Waals surface area contributed by atoms with Gasteiger partial charge in [0.05, 0.1) is 28.8 Å². The van der Waals surface area contributed by atoms with Gasteiger partial charge in [0.15, 0.2) is 6.54 Å². The fourth-order valence-corrected chi connectivity index (χ4v) is 3.71. The minimum Gasteiger partial charge on any atom is -0.327 e. The molecule has 0 radical (unpaired) electrons. The van der Waals surface area contributed by atoms with Crippen LogP contribution in [-0.4, -0.2) is 25.5 Å². The first-order valence-electron chi connectivity index (χ1n) is 7.44. The van der Waals surface area contributed by atoms with Gasteiger partial charge in [-0.15, -0.1) is 0 Å². The van der Waals surface area contributed by atoms with Crippen molar-refractivity contribution in [1.82, 2.24) is 0 Å². The third-order valence-corrected chi connectivity index (χ3v) is 4.84. The minimum absolute atomic E-state index is 0.0271. The maximum Gasteiger partial charge on any atom is 0.279 e. The van der Waals surface area contributed by atoms with E-state index in [4.69, 9.17) is 23.2 Å². The van der Waals surface area contributed by atoms with E-state index in [-0.39, 0.29) is 5.91 Å².